The summed E-state index contributed by atoms with van der Waals surface area (Å²) in [6, 6.07) is 0.298. The third kappa shape index (κ3) is 3.01. The van der Waals surface area contributed by atoms with Crippen molar-refractivity contribution in [2.45, 2.75) is 57.9 Å². The Morgan fingerprint density at radius 3 is 2.41 bits per heavy atom. The average Bonchev–Trinajstić information content (AvgIpc) is 2.28. The smallest absolute Gasteiger partial charge is 0.308 e. The fourth-order valence-electron chi connectivity index (χ4n) is 3.34. The number of rotatable bonds is 5. The third-order valence-electron chi connectivity index (χ3n) is 4.64. The fourth-order valence-corrected chi connectivity index (χ4v) is 3.34. The van der Waals surface area contributed by atoms with Crippen LogP contribution in [0.2, 0.25) is 0 Å². The molecular formula is C14H25NO2. The Labute approximate surface area is 104 Å². The number of carboxylic acids is 1. The zero-order valence-corrected chi connectivity index (χ0v) is 10.9. The van der Waals surface area contributed by atoms with Gasteiger partial charge in [0.25, 0.3) is 0 Å². The molecule has 0 spiro atoms. The van der Waals surface area contributed by atoms with Gasteiger partial charge in [-0.2, -0.15) is 0 Å². The fraction of sp³-hybridized carbons (Fsp3) is 0.929. The quantitative estimate of drug-likeness (QED) is 0.802. The highest BCUT2D eigenvalue weighted by molar-refractivity contribution is 5.71. The first-order valence-electron chi connectivity index (χ1n) is 7.19. The van der Waals surface area contributed by atoms with Gasteiger partial charge in [0.2, 0.25) is 0 Å². The van der Waals surface area contributed by atoms with Gasteiger partial charge in [0.1, 0.15) is 0 Å². The number of nitrogens with zero attached hydrogens (tertiary/aromatic N) is 1. The summed E-state index contributed by atoms with van der Waals surface area (Å²) in [7, 11) is 0. The average molecular weight is 239 g/mol. The van der Waals surface area contributed by atoms with Crippen molar-refractivity contribution >= 4 is 5.97 Å². The van der Waals surface area contributed by atoms with E-state index in [9.17, 15) is 9.90 Å². The van der Waals surface area contributed by atoms with E-state index >= 15 is 0 Å². The van der Waals surface area contributed by atoms with Crippen molar-refractivity contribution in [3.8, 4) is 0 Å². The van der Waals surface area contributed by atoms with Crippen molar-refractivity contribution in [2.24, 2.45) is 11.8 Å². The van der Waals surface area contributed by atoms with Crippen LogP contribution >= 0.6 is 0 Å². The molecule has 3 heteroatoms. The lowest BCUT2D eigenvalue weighted by Crippen LogP contribution is -2.47. The molecule has 2 saturated carbocycles. The molecule has 0 bridgehead atoms. The van der Waals surface area contributed by atoms with E-state index in [1.807, 2.05) is 0 Å². The van der Waals surface area contributed by atoms with Gasteiger partial charge in [0, 0.05) is 12.6 Å². The van der Waals surface area contributed by atoms with Gasteiger partial charge >= 0.3 is 5.97 Å². The Kier molecular flexibility index (Phi) is 4.43. The molecule has 2 aliphatic carbocycles. The van der Waals surface area contributed by atoms with Gasteiger partial charge in [-0.05, 0) is 38.1 Å². The molecule has 98 valence electrons. The first-order valence-corrected chi connectivity index (χ1v) is 7.19. The minimum Gasteiger partial charge on any atom is -0.481 e. The summed E-state index contributed by atoms with van der Waals surface area (Å²) < 4.78 is 0. The van der Waals surface area contributed by atoms with E-state index in [0.29, 0.717) is 6.04 Å². The van der Waals surface area contributed by atoms with Crippen molar-refractivity contribution in [3.63, 3.8) is 0 Å². The van der Waals surface area contributed by atoms with E-state index in [0.717, 1.165) is 38.3 Å². The van der Waals surface area contributed by atoms with Crippen molar-refractivity contribution < 1.29 is 9.90 Å². The second kappa shape index (κ2) is 5.85. The maximum absolute atomic E-state index is 11.3. The molecule has 1 N–H and O–H groups in total. The minimum atomic E-state index is -0.582. The Hall–Kier alpha value is -0.570. The topological polar surface area (TPSA) is 40.5 Å². The number of hydrogen-bond donors (Lipinski definition) is 1. The second-order valence-electron chi connectivity index (χ2n) is 5.68. The van der Waals surface area contributed by atoms with Gasteiger partial charge < -0.3 is 5.11 Å². The second-order valence-corrected chi connectivity index (χ2v) is 5.68. The van der Waals surface area contributed by atoms with Gasteiger partial charge in [-0.15, -0.1) is 0 Å². The van der Waals surface area contributed by atoms with Crippen LogP contribution in [-0.2, 0) is 4.79 Å². The number of hydrogen-bond acceptors (Lipinski definition) is 2. The Morgan fingerprint density at radius 1 is 1.18 bits per heavy atom. The van der Waals surface area contributed by atoms with Crippen LogP contribution in [0.25, 0.3) is 0 Å². The van der Waals surface area contributed by atoms with Gasteiger partial charge in [-0.3, -0.25) is 9.69 Å². The van der Waals surface area contributed by atoms with Crippen molar-refractivity contribution in [3.05, 3.63) is 0 Å². The van der Waals surface area contributed by atoms with Crippen LogP contribution in [0.15, 0.2) is 0 Å². The standard InChI is InChI=1S/C14H25NO2/c1-2-15(10-11-6-5-7-11)13-9-4-3-8-12(13)14(16)17/h11-13H,2-10H2,1H3,(H,16,17). The summed E-state index contributed by atoms with van der Waals surface area (Å²) in [5.41, 5.74) is 0. The summed E-state index contributed by atoms with van der Waals surface area (Å²) in [5, 5.41) is 9.33. The highest BCUT2D eigenvalue weighted by Gasteiger charge is 2.35. The molecule has 0 aromatic rings. The summed E-state index contributed by atoms with van der Waals surface area (Å²) in [6.45, 7) is 4.31. The first kappa shape index (κ1) is 12.9. The Morgan fingerprint density at radius 2 is 1.88 bits per heavy atom. The van der Waals surface area contributed by atoms with E-state index in [1.165, 1.54) is 25.7 Å². The van der Waals surface area contributed by atoms with Crippen LogP contribution in [-0.4, -0.2) is 35.1 Å². The maximum atomic E-state index is 11.3. The molecule has 2 rings (SSSR count). The number of carboxylic acid groups (broad SMARTS) is 1. The molecule has 3 nitrogen and oxygen atoms in total. The largest absolute Gasteiger partial charge is 0.481 e. The normalized spacial score (nSPS) is 30.2. The van der Waals surface area contributed by atoms with E-state index in [-0.39, 0.29) is 5.92 Å². The Balaban J connectivity index is 1.96. The van der Waals surface area contributed by atoms with Crippen molar-refractivity contribution in [1.82, 2.24) is 4.90 Å². The molecule has 0 aromatic carbocycles. The van der Waals surface area contributed by atoms with Crippen LogP contribution in [0.1, 0.15) is 51.9 Å². The summed E-state index contributed by atoms with van der Waals surface area (Å²) >= 11 is 0. The van der Waals surface area contributed by atoms with Gasteiger partial charge in [-0.25, -0.2) is 0 Å². The first-order chi connectivity index (χ1) is 8.22. The molecule has 0 aliphatic heterocycles. The maximum Gasteiger partial charge on any atom is 0.308 e. The number of carbonyl (C=O) groups is 1. The van der Waals surface area contributed by atoms with E-state index in [1.54, 1.807) is 0 Å². The van der Waals surface area contributed by atoms with Crippen LogP contribution in [0.5, 0.6) is 0 Å². The molecule has 17 heavy (non-hydrogen) atoms. The van der Waals surface area contributed by atoms with Gasteiger partial charge in [0.15, 0.2) is 0 Å². The third-order valence-corrected chi connectivity index (χ3v) is 4.64. The molecular weight excluding hydrogens is 214 g/mol. The molecule has 0 heterocycles. The number of aliphatic carboxylic acids is 1. The van der Waals surface area contributed by atoms with Gasteiger partial charge in [-0.1, -0.05) is 26.2 Å². The van der Waals surface area contributed by atoms with E-state index < -0.39 is 5.97 Å². The molecule has 2 aliphatic rings. The lowest BCUT2D eigenvalue weighted by atomic mass is 9.81. The van der Waals surface area contributed by atoms with E-state index in [2.05, 4.69) is 11.8 Å². The molecule has 0 saturated heterocycles. The molecule has 0 amide bonds. The zero-order chi connectivity index (χ0) is 12.3. The summed E-state index contributed by atoms with van der Waals surface area (Å²) in [4.78, 5) is 13.8. The molecule has 2 fully saturated rings. The molecule has 2 atom stereocenters. The molecule has 0 aromatic heterocycles. The summed E-state index contributed by atoms with van der Waals surface area (Å²) in [6.07, 6.45) is 8.32. The molecule has 2 unspecified atom stereocenters. The van der Waals surface area contributed by atoms with Crippen LogP contribution in [0, 0.1) is 11.8 Å². The predicted molar refractivity (Wildman–Crippen MR) is 68.0 cm³/mol. The zero-order valence-electron chi connectivity index (χ0n) is 10.9. The van der Waals surface area contributed by atoms with Gasteiger partial charge in [0.05, 0.1) is 5.92 Å². The van der Waals surface area contributed by atoms with Crippen molar-refractivity contribution in [2.75, 3.05) is 13.1 Å². The minimum absolute atomic E-state index is 0.122. The van der Waals surface area contributed by atoms with Crippen LogP contribution in [0.3, 0.4) is 0 Å². The lowest BCUT2D eigenvalue weighted by molar-refractivity contribution is -0.145. The highest BCUT2D eigenvalue weighted by atomic mass is 16.4. The van der Waals surface area contributed by atoms with Crippen molar-refractivity contribution in [1.29, 1.82) is 0 Å². The van der Waals surface area contributed by atoms with Crippen LogP contribution in [0.4, 0.5) is 0 Å². The van der Waals surface area contributed by atoms with E-state index in [4.69, 9.17) is 0 Å². The monoisotopic (exact) mass is 239 g/mol. The Bertz CT molecular complexity index is 263. The SMILES string of the molecule is CCN(CC1CCC1)C1CCCCC1C(=O)O. The lowest BCUT2D eigenvalue weighted by Gasteiger charge is -2.41. The van der Waals surface area contributed by atoms with Crippen LogP contribution < -0.4 is 0 Å². The summed E-state index contributed by atoms with van der Waals surface area (Å²) in [5.74, 6) is 0.136. The predicted octanol–water partition coefficient (Wildman–Crippen LogP) is 2.75. The molecule has 0 radical (unpaired) electrons. The highest BCUT2D eigenvalue weighted by Crippen LogP contribution is 2.32.